The summed E-state index contributed by atoms with van der Waals surface area (Å²) in [6, 6.07) is 8.68. The molecular formula is C11H15NO. The van der Waals surface area contributed by atoms with Crippen molar-refractivity contribution in [2.45, 2.75) is 6.92 Å². The van der Waals surface area contributed by atoms with Crippen LogP contribution in [0.1, 0.15) is 5.56 Å². The van der Waals surface area contributed by atoms with E-state index in [1.165, 1.54) is 11.3 Å². The quantitative estimate of drug-likeness (QED) is 0.649. The maximum atomic E-state index is 5.30. The Hall–Kier alpha value is -1.02. The predicted molar refractivity (Wildman–Crippen MR) is 54.2 cm³/mol. The standard InChI is InChI=1S/C11H15NO/c1-10-2-4-11(5-3-10)12-6-8-13-9-7-12/h2-5H,6-9H2,1H3. The molecule has 1 aliphatic heterocycles. The SMILES string of the molecule is Cc1ccc(N2CCOCC2)cc1. The lowest BCUT2D eigenvalue weighted by Gasteiger charge is -2.28. The van der Waals surface area contributed by atoms with E-state index in [0.717, 1.165) is 26.3 Å². The molecule has 0 saturated carbocycles. The van der Waals surface area contributed by atoms with Crippen LogP contribution in [0.4, 0.5) is 5.69 Å². The van der Waals surface area contributed by atoms with E-state index in [9.17, 15) is 0 Å². The zero-order valence-corrected chi connectivity index (χ0v) is 7.99. The Kier molecular flexibility index (Phi) is 2.50. The van der Waals surface area contributed by atoms with Gasteiger partial charge in [0.25, 0.3) is 0 Å². The van der Waals surface area contributed by atoms with E-state index in [-0.39, 0.29) is 0 Å². The minimum absolute atomic E-state index is 0.855. The lowest BCUT2D eigenvalue weighted by Crippen LogP contribution is -2.36. The molecule has 2 heteroatoms. The second-order valence-corrected chi connectivity index (χ2v) is 3.43. The molecule has 1 heterocycles. The Labute approximate surface area is 79.1 Å². The molecule has 0 amide bonds. The predicted octanol–water partition coefficient (Wildman–Crippen LogP) is 1.83. The van der Waals surface area contributed by atoms with Crippen molar-refractivity contribution in [1.82, 2.24) is 0 Å². The van der Waals surface area contributed by atoms with E-state index in [1.54, 1.807) is 0 Å². The van der Waals surface area contributed by atoms with Gasteiger partial charge in [-0.1, -0.05) is 17.7 Å². The molecule has 2 nitrogen and oxygen atoms in total. The highest BCUT2D eigenvalue weighted by atomic mass is 16.5. The van der Waals surface area contributed by atoms with E-state index in [1.807, 2.05) is 0 Å². The molecule has 0 aliphatic carbocycles. The Morgan fingerprint density at radius 1 is 1.08 bits per heavy atom. The number of aryl methyl sites for hydroxylation is 1. The fraction of sp³-hybridized carbons (Fsp3) is 0.455. The second-order valence-electron chi connectivity index (χ2n) is 3.43. The van der Waals surface area contributed by atoms with E-state index < -0.39 is 0 Å². The molecule has 0 aromatic heterocycles. The lowest BCUT2D eigenvalue weighted by atomic mass is 10.2. The van der Waals surface area contributed by atoms with Crippen LogP contribution in [0.2, 0.25) is 0 Å². The van der Waals surface area contributed by atoms with Crippen LogP contribution in [0.5, 0.6) is 0 Å². The highest BCUT2D eigenvalue weighted by Crippen LogP contribution is 2.15. The minimum atomic E-state index is 0.855. The first-order valence-electron chi connectivity index (χ1n) is 4.75. The zero-order valence-electron chi connectivity index (χ0n) is 7.99. The molecule has 0 unspecified atom stereocenters. The number of morpholine rings is 1. The van der Waals surface area contributed by atoms with Crippen LogP contribution in [-0.4, -0.2) is 26.3 Å². The number of hydrogen-bond donors (Lipinski definition) is 0. The van der Waals surface area contributed by atoms with Gasteiger partial charge < -0.3 is 9.64 Å². The van der Waals surface area contributed by atoms with Crippen LogP contribution < -0.4 is 4.90 Å². The summed E-state index contributed by atoms with van der Waals surface area (Å²) in [6.45, 7) is 5.86. The van der Waals surface area contributed by atoms with Gasteiger partial charge in [0.15, 0.2) is 0 Å². The van der Waals surface area contributed by atoms with Crippen molar-refractivity contribution in [3.05, 3.63) is 29.8 Å². The fourth-order valence-electron chi connectivity index (χ4n) is 1.58. The van der Waals surface area contributed by atoms with Crippen LogP contribution in [0, 0.1) is 6.92 Å². The van der Waals surface area contributed by atoms with Crippen molar-refractivity contribution in [1.29, 1.82) is 0 Å². The smallest absolute Gasteiger partial charge is 0.0642 e. The zero-order chi connectivity index (χ0) is 9.10. The molecule has 0 radical (unpaired) electrons. The number of nitrogens with zero attached hydrogens (tertiary/aromatic N) is 1. The molecule has 70 valence electrons. The molecular weight excluding hydrogens is 162 g/mol. The van der Waals surface area contributed by atoms with Gasteiger partial charge >= 0.3 is 0 Å². The van der Waals surface area contributed by atoms with Gasteiger partial charge in [-0.15, -0.1) is 0 Å². The average molecular weight is 177 g/mol. The largest absolute Gasteiger partial charge is 0.378 e. The number of ether oxygens (including phenoxy) is 1. The van der Waals surface area contributed by atoms with Gasteiger partial charge in [-0.3, -0.25) is 0 Å². The monoisotopic (exact) mass is 177 g/mol. The molecule has 13 heavy (non-hydrogen) atoms. The van der Waals surface area contributed by atoms with Gasteiger partial charge in [-0.05, 0) is 19.1 Å². The van der Waals surface area contributed by atoms with E-state index in [0.29, 0.717) is 0 Å². The van der Waals surface area contributed by atoms with Gasteiger partial charge in [-0.2, -0.15) is 0 Å². The third-order valence-electron chi connectivity index (χ3n) is 2.41. The molecule has 1 saturated heterocycles. The Morgan fingerprint density at radius 2 is 1.69 bits per heavy atom. The van der Waals surface area contributed by atoms with Crippen molar-refractivity contribution in [2.75, 3.05) is 31.2 Å². The van der Waals surface area contributed by atoms with E-state index in [2.05, 4.69) is 36.1 Å². The third-order valence-corrected chi connectivity index (χ3v) is 2.41. The van der Waals surface area contributed by atoms with Crippen molar-refractivity contribution in [3.8, 4) is 0 Å². The summed E-state index contributed by atoms with van der Waals surface area (Å²) < 4.78 is 5.30. The highest BCUT2D eigenvalue weighted by Gasteiger charge is 2.09. The topological polar surface area (TPSA) is 12.5 Å². The summed E-state index contributed by atoms with van der Waals surface area (Å²) in [4.78, 5) is 2.36. The molecule has 1 aliphatic rings. The second kappa shape index (κ2) is 3.79. The molecule has 0 atom stereocenters. The maximum absolute atomic E-state index is 5.30. The van der Waals surface area contributed by atoms with Crippen molar-refractivity contribution >= 4 is 5.69 Å². The Bertz CT molecular complexity index is 262. The summed E-state index contributed by atoms with van der Waals surface area (Å²) >= 11 is 0. The number of anilines is 1. The van der Waals surface area contributed by atoms with Gasteiger partial charge in [0.2, 0.25) is 0 Å². The van der Waals surface area contributed by atoms with Gasteiger partial charge in [0.05, 0.1) is 13.2 Å². The Balaban J connectivity index is 2.10. The normalized spacial score (nSPS) is 17.5. The molecule has 1 aromatic rings. The van der Waals surface area contributed by atoms with Gasteiger partial charge in [-0.25, -0.2) is 0 Å². The van der Waals surface area contributed by atoms with Crippen LogP contribution in [0.15, 0.2) is 24.3 Å². The van der Waals surface area contributed by atoms with Crippen LogP contribution >= 0.6 is 0 Å². The fourth-order valence-corrected chi connectivity index (χ4v) is 1.58. The average Bonchev–Trinajstić information content (AvgIpc) is 2.20. The summed E-state index contributed by atoms with van der Waals surface area (Å²) in [6.07, 6.45) is 0. The molecule has 0 bridgehead atoms. The highest BCUT2D eigenvalue weighted by molar-refractivity contribution is 5.47. The van der Waals surface area contributed by atoms with Crippen LogP contribution in [-0.2, 0) is 4.74 Å². The van der Waals surface area contributed by atoms with Crippen molar-refractivity contribution in [2.24, 2.45) is 0 Å². The molecule has 2 rings (SSSR count). The van der Waals surface area contributed by atoms with E-state index >= 15 is 0 Å². The first-order valence-corrected chi connectivity index (χ1v) is 4.75. The third kappa shape index (κ3) is 2.01. The van der Waals surface area contributed by atoms with Gasteiger partial charge in [0, 0.05) is 18.8 Å². The first kappa shape index (κ1) is 8.57. The number of benzene rings is 1. The maximum Gasteiger partial charge on any atom is 0.0642 e. The van der Waals surface area contributed by atoms with Crippen LogP contribution in [0.3, 0.4) is 0 Å². The number of hydrogen-bond acceptors (Lipinski definition) is 2. The lowest BCUT2D eigenvalue weighted by molar-refractivity contribution is 0.122. The van der Waals surface area contributed by atoms with E-state index in [4.69, 9.17) is 4.74 Å². The van der Waals surface area contributed by atoms with Crippen LogP contribution in [0.25, 0.3) is 0 Å². The molecule has 0 spiro atoms. The number of rotatable bonds is 1. The van der Waals surface area contributed by atoms with Gasteiger partial charge in [0.1, 0.15) is 0 Å². The molecule has 0 N–H and O–H groups in total. The molecule has 1 aromatic carbocycles. The van der Waals surface area contributed by atoms with Crippen molar-refractivity contribution < 1.29 is 4.74 Å². The summed E-state index contributed by atoms with van der Waals surface area (Å²) in [5, 5.41) is 0. The Morgan fingerprint density at radius 3 is 2.31 bits per heavy atom. The summed E-state index contributed by atoms with van der Waals surface area (Å²) in [5.74, 6) is 0. The minimum Gasteiger partial charge on any atom is -0.378 e. The summed E-state index contributed by atoms with van der Waals surface area (Å²) in [7, 11) is 0. The van der Waals surface area contributed by atoms with Crippen molar-refractivity contribution in [3.63, 3.8) is 0 Å². The first-order chi connectivity index (χ1) is 6.36. The molecule has 1 fully saturated rings. The summed E-state index contributed by atoms with van der Waals surface area (Å²) in [5.41, 5.74) is 2.63.